The molecule has 0 atom stereocenters. The third-order valence-electron chi connectivity index (χ3n) is 6.49. The third-order valence-corrected chi connectivity index (χ3v) is 6.49. The summed E-state index contributed by atoms with van der Waals surface area (Å²) in [5, 5.41) is 4.99. The normalized spacial score (nSPS) is 11.7. The molecule has 0 radical (unpaired) electrons. The fraction of sp³-hybridized carbons (Fsp3) is 0.0968. The Morgan fingerprint density at radius 1 is 0.500 bits per heavy atom. The quantitative estimate of drug-likeness (QED) is 0.282. The molecular formula is C31H24O. The molecule has 32 heavy (non-hydrogen) atoms. The van der Waals surface area contributed by atoms with Gasteiger partial charge < -0.3 is 4.42 Å². The van der Waals surface area contributed by atoms with Gasteiger partial charge in [0.15, 0.2) is 0 Å². The van der Waals surface area contributed by atoms with Crippen molar-refractivity contribution >= 4 is 32.7 Å². The first-order chi connectivity index (χ1) is 15.7. The number of para-hydroxylation sites is 1. The molecule has 0 aliphatic heterocycles. The molecular weight excluding hydrogens is 388 g/mol. The second kappa shape index (κ2) is 7.39. The molecule has 1 aromatic heterocycles. The van der Waals surface area contributed by atoms with Crippen LogP contribution in [0.15, 0.2) is 108 Å². The minimum Gasteiger partial charge on any atom is -0.456 e. The van der Waals surface area contributed by atoms with E-state index in [0.717, 1.165) is 21.9 Å². The summed E-state index contributed by atoms with van der Waals surface area (Å²) < 4.78 is 5.99. The highest BCUT2D eigenvalue weighted by atomic mass is 16.3. The highest BCUT2D eigenvalue weighted by Gasteiger charge is 2.11. The number of furan rings is 1. The van der Waals surface area contributed by atoms with E-state index in [1.807, 2.05) is 12.1 Å². The van der Waals surface area contributed by atoms with E-state index in [0.29, 0.717) is 5.92 Å². The standard InChI is InChI=1S/C31H24O/c1-20(2)24-16-17-25(27-8-4-3-7-26(24)27)22-13-11-21(12-14-22)23-15-18-31-29(19-23)28-9-5-6-10-30(28)32-31/h3-20H,1-2H3. The summed E-state index contributed by atoms with van der Waals surface area (Å²) in [6.07, 6.45) is 0. The van der Waals surface area contributed by atoms with E-state index < -0.39 is 0 Å². The van der Waals surface area contributed by atoms with E-state index in [2.05, 4.69) is 105 Å². The van der Waals surface area contributed by atoms with Crippen LogP contribution in [-0.4, -0.2) is 0 Å². The fourth-order valence-corrected chi connectivity index (χ4v) is 4.83. The zero-order valence-electron chi connectivity index (χ0n) is 18.3. The first-order valence-corrected chi connectivity index (χ1v) is 11.2. The molecule has 1 heterocycles. The summed E-state index contributed by atoms with van der Waals surface area (Å²) in [4.78, 5) is 0. The maximum atomic E-state index is 5.99. The first kappa shape index (κ1) is 18.9. The van der Waals surface area contributed by atoms with Crippen molar-refractivity contribution < 1.29 is 4.42 Å². The van der Waals surface area contributed by atoms with E-state index in [1.54, 1.807) is 0 Å². The van der Waals surface area contributed by atoms with Crippen LogP contribution in [0, 0.1) is 0 Å². The van der Waals surface area contributed by atoms with Crippen molar-refractivity contribution in [3.05, 3.63) is 109 Å². The topological polar surface area (TPSA) is 13.1 Å². The highest BCUT2D eigenvalue weighted by molar-refractivity contribution is 6.06. The smallest absolute Gasteiger partial charge is 0.135 e. The zero-order chi connectivity index (χ0) is 21.7. The van der Waals surface area contributed by atoms with Crippen molar-refractivity contribution in [1.29, 1.82) is 0 Å². The molecule has 0 bridgehead atoms. The van der Waals surface area contributed by atoms with Gasteiger partial charge in [-0.3, -0.25) is 0 Å². The van der Waals surface area contributed by atoms with Crippen LogP contribution in [0.4, 0.5) is 0 Å². The Morgan fingerprint density at radius 2 is 1.12 bits per heavy atom. The second-order valence-corrected chi connectivity index (χ2v) is 8.79. The number of rotatable bonds is 3. The molecule has 0 spiro atoms. The predicted octanol–water partition coefficient (Wildman–Crippen LogP) is 9.20. The summed E-state index contributed by atoms with van der Waals surface area (Å²) in [7, 11) is 0. The molecule has 0 fully saturated rings. The molecule has 6 rings (SSSR count). The largest absolute Gasteiger partial charge is 0.456 e. The lowest BCUT2D eigenvalue weighted by atomic mass is 9.90. The van der Waals surface area contributed by atoms with Crippen molar-refractivity contribution in [3.63, 3.8) is 0 Å². The molecule has 5 aromatic carbocycles. The van der Waals surface area contributed by atoms with Gasteiger partial charge in [-0.1, -0.05) is 98.8 Å². The Hall–Kier alpha value is -3.84. The molecule has 1 nitrogen and oxygen atoms in total. The van der Waals surface area contributed by atoms with Crippen molar-refractivity contribution in [1.82, 2.24) is 0 Å². The van der Waals surface area contributed by atoms with Gasteiger partial charge in [-0.25, -0.2) is 0 Å². The third kappa shape index (κ3) is 3.01. The van der Waals surface area contributed by atoms with Gasteiger partial charge in [0.05, 0.1) is 0 Å². The monoisotopic (exact) mass is 412 g/mol. The van der Waals surface area contributed by atoms with Crippen LogP contribution >= 0.6 is 0 Å². The summed E-state index contributed by atoms with van der Waals surface area (Å²) in [5.74, 6) is 0.505. The zero-order valence-corrected chi connectivity index (χ0v) is 18.3. The number of fused-ring (bicyclic) bond motifs is 4. The average molecular weight is 413 g/mol. The first-order valence-electron chi connectivity index (χ1n) is 11.2. The van der Waals surface area contributed by atoms with E-state index in [4.69, 9.17) is 4.42 Å². The van der Waals surface area contributed by atoms with E-state index in [1.165, 1.54) is 38.6 Å². The summed E-state index contributed by atoms with van der Waals surface area (Å²) in [5.41, 5.74) is 8.22. The van der Waals surface area contributed by atoms with Crippen molar-refractivity contribution in [3.8, 4) is 22.3 Å². The number of benzene rings is 5. The van der Waals surface area contributed by atoms with E-state index in [-0.39, 0.29) is 0 Å². The summed E-state index contributed by atoms with van der Waals surface area (Å²) in [6, 6.07) is 36.9. The van der Waals surface area contributed by atoms with Gasteiger partial charge in [0.25, 0.3) is 0 Å². The Kier molecular flexibility index (Phi) is 4.36. The molecule has 0 saturated heterocycles. The fourth-order valence-electron chi connectivity index (χ4n) is 4.83. The van der Waals surface area contributed by atoms with Gasteiger partial charge in [-0.2, -0.15) is 0 Å². The molecule has 0 unspecified atom stereocenters. The molecule has 0 N–H and O–H groups in total. The van der Waals surface area contributed by atoms with E-state index >= 15 is 0 Å². The van der Waals surface area contributed by atoms with Crippen LogP contribution < -0.4 is 0 Å². The van der Waals surface area contributed by atoms with Gasteiger partial charge in [-0.15, -0.1) is 0 Å². The van der Waals surface area contributed by atoms with Gasteiger partial charge in [-0.05, 0) is 62.7 Å². The van der Waals surface area contributed by atoms with Gasteiger partial charge >= 0.3 is 0 Å². The highest BCUT2D eigenvalue weighted by Crippen LogP contribution is 2.36. The molecule has 6 aromatic rings. The Labute approximate surface area is 187 Å². The van der Waals surface area contributed by atoms with Crippen molar-refractivity contribution in [2.75, 3.05) is 0 Å². The van der Waals surface area contributed by atoms with Crippen molar-refractivity contribution in [2.45, 2.75) is 19.8 Å². The Balaban J connectivity index is 1.43. The van der Waals surface area contributed by atoms with Gasteiger partial charge in [0.2, 0.25) is 0 Å². The second-order valence-electron chi connectivity index (χ2n) is 8.79. The Bertz CT molecular complexity index is 1580. The molecule has 0 saturated carbocycles. The molecule has 1 heteroatoms. The van der Waals surface area contributed by atoms with Crippen LogP contribution in [0.2, 0.25) is 0 Å². The lowest BCUT2D eigenvalue weighted by Crippen LogP contribution is -1.91. The number of hydrogen-bond donors (Lipinski definition) is 0. The van der Waals surface area contributed by atoms with Crippen molar-refractivity contribution in [2.24, 2.45) is 0 Å². The minimum absolute atomic E-state index is 0.505. The van der Waals surface area contributed by atoms with Crippen LogP contribution in [0.25, 0.3) is 55.0 Å². The van der Waals surface area contributed by atoms with Crippen LogP contribution in [-0.2, 0) is 0 Å². The van der Waals surface area contributed by atoms with Gasteiger partial charge in [0, 0.05) is 10.8 Å². The maximum Gasteiger partial charge on any atom is 0.135 e. The summed E-state index contributed by atoms with van der Waals surface area (Å²) >= 11 is 0. The molecule has 154 valence electrons. The lowest BCUT2D eigenvalue weighted by molar-refractivity contribution is 0.669. The lowest BCUT2D eigenvalue weighted by Gasteiger charge is -2.14. The van der Waals surface area contributed by atoms with Crippen LogP contribution in [0.5, 0.6) is 0 Å². The molecule has 0 aliphatic rings. The molecule has 0 aliphatic carbocycles. The Morgan fingerprint density at radius 3 is 1.91 bits per heavy atom. The van der Waals surface area contributed by atoms with Crippen LogP contribution in [0.3, 0.4) is 0 Å². The molecule has 0 amide bonds. The predicted molar refractivity (Wildman–Crippen MR) is 136 cm³/mol. The number of hydrogen-bond acceptors (Lipinski definition) is 1. The van der Waals surface area contributed by atoms with Crippen LogP contribution in [0.1, 0.15) is 25.3 Å². The van der Waals surface area contributed by atoms with Gasteiger partial charge in [0.1, 0.15) is 11.2 Å². The SMILES string of the molecule is CC(C)c1ccc(-c2ccc(-c3ccc4oc5ccccc5c4c3)cc2)c2ccccc12. The minimum atomic E-state index is 0.505. The van der Waals surface area contributed by atoms with E-state index in [9.17, 15) is 0 Å². The summed E-state index contributed by atoms with van der Waals surface area (Å²) in [6.45, 7) is 4.52. The maximum absolute atomic E-state index is 5.99. The average Bonchev–Trinajstić information content (AvgIpc) is 3.21.